The van der Waals surface area contributed by atoms with Crippen LogP contribution in [-0.2, 0) is 46.2 Å². The second kappa shape index (κ2) is 19.2. The monoisotopic (exact) mass is 843 g/mol. The van der Waals surface area contributed by atoms with E-state index in [4.69, 9.17) is 28.9 Å². The molecule has 0 saturated carbocycles. The average Bonchev–Trinajstić information content (AvgIpc) is 3.93. The number of allylic oxidation sites excluding steroid dienone is 1. The zero-order valence-electron chi connectivity index (χ0n) is 35.8. The van der Waals surface area contributed by atoms with Crippen LogP contribution in [0.4, 0.5) is 0 Å². The second-order valence-corrected chi connectivity index (χ2v) is 15.7. The molecule has 1 amide bonds. The summed E-state index contributed by atoms with van der Waals surface area (Å²) in [6.07, 6.45) is -4.09. The predicted octanol–water partition coefficient (Wildman–Crippen LogP) is 3.95. The number of aromatic nitrogens is 4. The van der Waals surface area contributed by atoms with Crippen molar-refractivity contribution in [1.29, 1.82) is 0 Å². The summed E-state index contributed by atoms with van der Waals surface area (Å²) in [5, 5.41) is 43.0. The number of nitrogens with zero attached hydrogens (tertiary/aromatic N) is 2. The van der Waals surface area contributed by atoms with E-state index in [-0.39, 0.29) is 55.5 Å². The number of aromatic amines is 2. The third kappa shape index (κ3) is 9.06. The van der Waals surface area contributed by atoms with Crippen molar-refractivity contribution in [1.82, 2.24) is 25.3 Å². The first-order valence-corrected chi connectivity index (χ1v) is 20.6. The maximum Gasteiger partial charge on any atom is 0.340 e. The van der Waals surface area contributed by atoms with E-state index in [2.05, 4.69) is 41.8 Å². The highest BCUT2D eigenvalue weighted by Crippen LogP contribution is 2.44. The number of ether oxygens (including phenoxy) is 4. The van der Waals surface area contributed by atoms with Gasteiger partial charge in [0.25, 0.3) is 0 Å². The van der Waals surface area contributed by atoms with Crippen molar-refractivity contribution < 1.29 is 53.8 Å². The van der Waals surface area contributed by atoms with Gasteiger partial charge in [0.1, 0.15) is 24.4 Å². The van der Waals surface area contributed by atoms with E-state index in [1.165, 1.54) is 14.2 Å². The molecule has 3 aliphatic rings. The number of hydrogen-bond acceptors (Lipinski definition) is 13. The van der Waals surface area contributed by atoms with Crippen molar-refractivity contribution in [3.05, 3.63) is 75.4 Å². The average molecular weight is 844 g/mol. The maximum absolute atomic E-state index is 14.0. The molecule has 3 aromatic heterocycles. The summed E-state index contributed by atoms with van der Waals surface area (Å²) >= 11 is 0. The van der Waals surface area contributed by atoms with Gasteiger partial charge >= 0.3 is 11.9 Å². The van der Waals surface area contributed by atoms with E-state index in [1.807, 2.05) is 32.1 Å². The number of aliphatic hydroxyl groups is 4. The van der Waals surface area contributed by atoms with Crippen LogP contribution in [0.5, 0.6) is 0 Å². The number of carbonyl (C=O) groups is 3. The molecule has 7 atom stereocenters. The summed E-state index contributed by atoms with van der Waals surface area (Å²) in [7, 11) is 2.63. The molecule has 6 rings (SSSR count). The van der Waals surface area contributed by atoms with E-state index in [9.17, 15) is 34.8 Å². The fraction of sp³-hybridized carbons (Fsp3) is 0.489. The van der Waals surface area contributed by atoms with Crippen molar-refractivity contribution in [3.8, 4) is 0 Å². The molecular formula is C45H57N5O11. The van der Waals surface area contributed by atoms with Gasteiger partial charge in [-0.3, -0.25) is 14.6 Å². The molecule has 1 fully saturated rings. The smallest absolute Gasteiger partial charge is 0.340 e. The Morgan fingerprint density at radius 1 is 0.934 bits per heavy atom. The van der Waals surface area contributed by atoms with Gasteiger partial charge in [-0.25, -0.2) is 9.78 Å². The Kier molecular flexibility index (Phi) is 14.3. The summed E-state index contributed by atoms with van der Waals surface area (Å²) in [6, 6.07) is 5.96. The number of fused-ring (bicyclic) bond motifs is 8. The fourth-order valence-corrected chi connectivity index (χ4v) is 8.49. The number of aliphatic hydroxyl groups excluding tert-OH is 4. The van der Waals surface area contributed by atoms with E-state index in [1.54, 1.807) is 6.92 Å². The number of aryl methyl sites for hydroxylation is 3. The van der Waals surface area contributed by atoms with E-state index >= 15 is 0 Å². The summed E-state index contributed by atoms with van der Waals surface area (Å²) in [5.41, 5.74) is 10.6. The van der Waals surface area contributed by atoms with Gasteiger partial charge in [0.05, 0.1) is 56.5 Å². The lowest BCUT2D eigenvalue weighted by molar-refractivity contribution is -0.301. The minimum Gasteiger partial charge on any atom is -0.469 e. The number of methoxy groups -OCH3 is 2. The van der Waals surface area contributed by atoms with Gasteiger partial charge in [-0.1, -0.05) is 26.5 Å². The molecule has 16 nitrogen and oxygen atoms in total. The Bertz CT molecular complexity index is 2380. The van der Waals surface area contributed by atoms with Crippen molar-refractivity contribution >= 4 is 57.1 Å². The minimum absolute atomic E-state index is 0.00626. The lowest BCUT2D eigenvalue weighted by atomic mass is 9.84. The van der Waals surface area contributed by atoms with Crippen LogP contribution in [0.3, 0.4) is 0 Å². The third-order valence-corrected chi connectivity index (χ3v) is 12.1. The predicted molar refractivity (Wildman–Crippen MR) is 228 cm³/mol. The molecule has 0 radical (unpaired) electrons. The second-order valence-electron chi connectivity index (χ2n) is 15.7. The summed E-state index contributed by atoms with van der Waals surface area (Å²) < 4.78 is 21.4. The maximum atomic E-state index is 14.0. The Morgan fingerprint density at radius 3 is 2.33 bits per heavy atom. The van der Waals surface area contributed by atoms with Gasteiger partial charge in [0.2, 0.25) is 5.91 Å². The quantitative estimate of drug-likeness (QED) is 0.0901. The molecule has 6 heterocycles. The van der Waals surface area contributed by atoms with Crippen LogP contribution < -0.4 is 5.32 Å². The Balaban J connectivity index is 1.49. The number of carbonyl (C=O) groups excluding carboxylic acids is 3. The number of hydrogen-bond donors (Lipinski definition) is 7. The van der Waals surface area contributed by atoms with Crippen LogP contribution in [-0.4, -0.2) is 123 Å². The van der Waals surface area contributed by atoms with Gasteiger partial charge < -0.3 is 54.7 Å². The number of esters is 2. The first-order chi connectivity index (χ1) is 29.2. The Hall–Kier alpha value is -5.23. The minimum atomic E-state index is -1.58. The van der Waals surface area contributed by atoms with Gasteiger partial charge in [-0.15, -0.1) is 0 Å². The zero-order chi connectivity index (χ0) is 44.3. The van der Waals surface area contributed by atoms with E-state index < -0.39 is 55.2 Å². The first-order valence-electron chi connectivity index (χ1n) is 20.6. The molecule has 3 aromatic rings. The number of amides is 1. The van der Waals surface area contributed by atoms with Gasteiger partial charge in [-0.2, -0.15) is 0 Å². The SMILES string of the molecule is C=Cc1c(C)c2cc3nc(c(CC(=O)NCCCO[C@@H]4O[C@H](CO)[C@@H](O)[C@H](O)[C@H]4O)c4nc(cc5[nH]c(cc1[nH]2)c(C)c5CC)C(C)=C4C(=O)OC)[C@@H](CCC(=O)OC)[C@@H]3C. The van der Waals surface area contributed by atoms with Crippen LogP contribution in [0, 0.1) is 13.8 Å². The van der Waals surface area contributed by atoms with Gasteiger partial charge in [0, 0.05) is 63.7 Å². The molecule has 8 bridgehead atoms. The van der Waals surface area contributed by atoms with E-state index in [0.29, 0.717) is 34.6 Å². The van der Waals surface area contributed by atoms with Crippen LogP contribution in [0.1, 0.15) is 102 Å². The molecule has 0 unspecified atom stereocenters. The summed E-state index contributed by atoms with van der Waals surface area (Å²) in [4.78, 5) is 57.9. The van der Waals surface area contributed by atoms with Crippen LogP contribution in [0.25, 0.3) is 39.3 Å². The van der Waals surface area contributed by atoms with Gasteiger partial charge in [-0.05, 0) is 80.5 Å². The van der Waals surface area contributed by atoms with E-state index in [0.717, 1.165) is 50.7 Å². The van der Waals surface area contributed by atoms with Crippen LogP contribution in [0.15, 0.2) is 24.8 Å². The lowest BCUT2D eigenvalue weighted by Crippen LogP contribution is -2.59. The molecule has 328 valence electrons. The van der Waals surface area contributed by atoms with Crippen molar-refractivity contribution in [2.45, 2.75) is 109 Å². The first kappa shape index (κ1) is 45.3. The third-order valence-electron chi connectivity index (χ3n) is 12.1. The molecule has 16 heteroatoms. The van der Waals surface area contributed by atoms with Crippen molar-refractivity contribution in [2.24, 2.45) is 0 Å². The zero-order valence-corrected chi connectivity index (χ0v) is 35.8. The molecular weight excluding hydrogens is 787 g/mol. The molecule has 0 aliphatic carbocycles. The lowest BCUT2D eigenvalue weighted by Gasteiger charge is -2.39. The van der Waals surface area contributed by atoms with Gasteiger partial charge in [0.15, 0.2) is 6.29 Å². The standard InChI is InChI=1S/C45H57N5O11/c1-9-25-21(3)29-17-31-23(5)27(12-13-37(53)58-7)39(49-31)28(16-36(52)46-14-11-15-60-45-43(56)42(55)41(54)35(20-51)61-45)40-38(44(57)59-8)24(6)32(50-40)19-34-26(10-2)22(4)30(48-34)18-33(25)47-29/h9,17-19,23,27,35,41-43,45,47-48,51,54-56H,1,10-16,20H2,2-8H3,(H,46,52)/t23-,27-,35+,41+,42-,43+,45+/m0/s1. The Labute approximate surface area is 354 Å². The number of rotatable bonds is 14. The Morgan fingerprint density at radius 2 is 1.66 bits per heavy atom. The highest BCUT2D eigenvalue weighted by molar-refractivity contribution is 6.25. The number of H-pyrrole nitrogens is 2. The van der Waals surface area contributed by atoms with Crippen LogP contribution in [0.2, 0.25) is 0 Å². The fourth-order valence-electron chi connectivity index (χ4n) is 8.49. The highest BCUT2D eigenvalue weighted by Gasteiger charge is 2.44. The molecule has 0 aromatic carbocycles. The van der Waals surface area contributed by atoms with Crippen LogP contribution >= 0.6 is 0 Å². The highest BCUT2D eigenvalue weighted by atomic mass is 16.7. The topological polar surface area (TPSA) is 238 Å². The molecule has 7 N–H and O–H groups in total. The molecule has 3 aliphatic heterocycles. The molecule has 1 saturated heterocycles. The summed E-state index contributed by atoms with van der Waals surface area (Å²) in [6.45, 7) is 13.6. The normalized spacial score (nSPS) is 22.6. The molecule has 61 heavy (non-hydrogen) atoms. The largest absolute Gasteiger partial charge is 0.469 e. The van der Waals surface area contributed by atoms with Crippen molar-refractivity contribution in [2.75, 3.05) is 34.0 Å². The number of nitrogens with one attached hydrogen (secondary N) is 3. The van der Waals surface area contributed by atoms with Crippen molar-refractivity contribution in [3.63, 3.8) is 0 Å². The summed E-state index contributed by atoms with van der Waals surface area (Å²) in [5.74, 6) is -2.06. The molecule has 0 spiro atoms.